The van der Waals surface area contributed by atoms with Crippen LogP contribution in [0.15, 0.2) is 124 Å². The highest BCUT2D eigenvalue weighted by Gasteiger charge is 2.27. The minimum atomic E-state index is 0.464. The maximum absolute atomic E-state index is 10.5. The third-order valence-corrected chi connectivity index (χ3v) is 10.5. The van der Waals surface area contributed by atoms with E-state index in [-0.39, 0.29) is 0 Å². The van der Waals surface area contributed by atoms with E-state index in [2.05, 4.69) is 103 Å². The van der Waals surface area contributed by atoms with Crippen LogP contribution in [0.4, 0.5) is 0 Å². The van der Waals surface area contributed by atoms with Gasteiger partial charge in [-0.2, -0.15) is 10.5 Å². The summed E-state index contributed by atoms with van der Waals surface area (Å²) < 4.78 is 15.2. The second-order valence-corrected chi connectivity index (χ2v) is 13.5. The minimum Gasteiger partial charge on any atom is -0.456 e. The zero-order valence-corrected chi connectivity index (χ0v) is 27.3. The molecule has 1 atom stereocenters. The lowest BCUT2D eigenvalue weighted by atomic mass is 9.90. The molecular formula is C45H29N3O2. The van der Waals surface area contributed by atoms with Crippen LogP contribution in [0.2, 0.25) is 0 Å². The van der Waals surface area contributed by atoms with E-state index < -0.39 is 0 Å². The molecule has 5 nitrogen and oxygen atoms in total. The quantitative estimate of drug-likeness (QED) is 0.192. The summed E-state index contributed by atoms with van der Waals surface area (Å²) in [6.07, 6.45) is 9.32. The van der Waals surface area contributed by atoms with Crippen molar-refractivity contribution in [2.45, 2.75) is 26.2 Å². The van der Waals surface area contributed by atoms with Gasteiger partial charge in [0.25, 0.3) is 0 Å². The molecule has 0 fully saturated rings. The van der Waals surface area contributed by atoms with Crippen molar-refractivity contribution in [2.24, 2.45) is 5.92 Å². The van der Waals surface area contributed by atoms with Gasteiger partial charge in [0, 0.05) is 38.2 Å². The number of fused-ring (bicyclic) bond motifs is 9. The second-order valence-electron chi connectivity index (χ2n) is 13.5. The van der Waals surface area contributed by atoms with Gasteiger partial charge in [0.05, 0.1) is 34.5 Å². The van der Waals surface area contributed by atoms with Crippen molar-refractivity contribution in [2.75, 3.05) is 0 Å². The van der Waals surface area contributed by atoms with Gasteiger partial charge >= 0.3 is 0 Å². The van der Waals surface area contributed by atoms with Crippen molar-refractivity contribution >= 4 is 72.1 Å². The maximum atomic E-state index is 10.5. The standard InChI is InChI=1S/C45H29N3O2/c1-26-12-15-40-34(18-26)33-9-2-3-11-39(33)48(40)45-31(25-47)8-5-10-32(45)30-14-17-42-36(21-30)38-23-43-37(22-44(38)50-42)35-20-29(13-16-41(35)49-43)28-7-4-6-27(19-28)24-46/h2-4,6-7,9-17,19-23,26H,5,8,18H2,1H3. The third kappa shape index (κ3) is 4.17. The number of nitrogens with zero attached hydrogens (tertiary/aromatic N) is 3. The Morgan fingerprint density at radius 2 is 1.38 bits per heavy atom. The first-order valence-corrected chi connectivity index (χ1v) is 17.1. The van der Waals surface area contributed by atoms with Gasteiger partial charge in [0.1, 0.15) is 22.3 Å². The summed E-state index contributed by atoms with van der Waals surface area (Å²) in [5.74, 6) is 0.464. The first-order chi connectivity index (χ1) is 24.6. The largest absolute Gasteiger partial charge is 0.456 e. The highest BCUT2D eigenvalue weighted by molar-refractivity contribution is 6.16. The predicted octanol–water partition coefficient (Wildman–Crippen LogP) is 11.8. The topological polar surface area (TPSA) is 78.8 Å². The van der Waals surface area contributed by atoms with Gasteiger partial charge in [0.15, 0.2) is 0 Å². The van der Waals surface area contributed by atoms with Crippen LogP contribution >= 0.6 is 0 Å². The number of benzene rings is 5. The summed E-state index contributed by atoms with van der Waals surface area (Å²) in [5, 5.41) is 25.1. The van der Waals surface area contributed by atoms with Crippen LogP contribution in [0.1, 0.15) is 42.1 Å². The fourth-order valence-corrected chi connectivity index (χ4v) is 8.12. The Kier molecular flexibility index (Phi) is 6.10. The molecule has 0 saturated carbocycles. The molecule has 0 N–H and O–H groups in total. The predicted molar refractivity (Wildman–Crippen MR) is 201 cm³/mol. The van der Waals surface area contributed by atoms with Crippen molar-refractivity contribution in [3.05, 3.63) is 137 Å². The maximum Gasteiger partial charge on any atom is 0.136 e. The number of aromatic nitrogens is 1. The minimum absolute atomic E-state index is 0.464. The molecule has 0 aliphatic heterocycles. The molecule has 10 rings (SSSR count). The molecule has 0 bridgehead atoms. The Hall–Kier alpha value is -6.56. The van der Waals surface area contributed by atoms with Crippen LogP contribution in [0, 0.1) is 28.6 Å². The zero-order chi connectivity index (χ0) is 33.5. The molecule has 236 valence electrons. The first kappa shape index (κ1) is 28.5. The molecular weight excluding hydrogens is 615 g/mol. The van der Waals surface area contributed by atoms with E-state index in [1.165, 1.54) is 16.6 Å². The van der Waals surface area contributed by atoms with E-state index in [1.54, 1.807) is 0 Å². The molecule has 5 aromatic carbocycles. The highest BCUT2D eigenvalue weighted by Crippen LogP contribution is 2.44. The lowest BCUT2D eigenvalue weighted by molar-refractivity contribution is 0.664. The van der Waals surface area contributed by atoms with Crippen molar-refractivity contribution in [3.63, 3.8) is 0 Å². The number of furan rings is 2. The SMILES string of the molecule is CC1C=Cc2c(c3ccccc3n2C2=C(C#N)CCC=C2c2ccc3oc4cc5c(cc4c3c2)oc2ccc(-c3cccc(C#N)c3)cc25)C1. The molecule has 0 radical (unpaired) electrons. The number of allylic oxidation sites excluding steroid dienone is 5. The number of para-hydroxylation sites is 1. The number of hydrogen-bond donors (Lipinski definition) is 0. The van der Waals surface area contributed by atoms with E-state index in [0.717, 1.165) is 95.8 Å². The Balaban J connectivity index is 1.13. The first-order valence-electron chi connectivity index (χ1n) is 17.1. The number of rotatable bonds is 3. The molecule has 3 aromatic heterocycles. The van der Waals surface area contributed by atoms with Crippen LogP contribution in [-0.2, 0) is 6.42 Å². The molecule has 50 heavy (non-hydrogen) atoms. The van der Waals surface area contributed by atoms with Crippen LogP contribution in [0.5, 0.6) is 0 Å². The molecule has 0 saturated heterocycles. The molecule has 2 aliphatic rings. The molecule has 5 heteroatoms. The Labute approximate surface area is 287 Å². The van der Waals surface area contributed by atoms with Crippen molar-refractivity contribution < 1.29 is 8.83 Å². The van der Waals surface area contributed by atoms with Gasteiger partial charge < -0.3 is 13.4 Å². The number of nitriles is 2. The summed E-state index contributed by atoms with van der Waals surface area (Å²) in [5.41, 5.74) is 13.4. The summed E-state index contributed by atoms with van der Waals surface area (Å²) >= 11 is 0. The van der Waals surface area contributed by atoms with E-state index in [4.69, 9.17) is 8.83 Å². The van der Waals surface area contributed by atoms with Gasteiger partial charge in [-0.3, -0.25) is 0 Å². The van der Waals surface area contributed by atoms with Crippen LogP contribution < -0.4 is 0 Å². The average molecular weight is 644 g/mol. The van der Waals surface area contributed by atoms with Crippen LogP contribution in [0.25, 0.3) is 83.3 Å². The van der Waals surface area contributed by atoms with E-state index in [1.807, 2.05) is 36.4 Å². The van der Waals surface area contributed by atoms with Gasteiger partial charge in [-0.1, -0.05) is 61.5 Å². The van der Waals surface area contributed by atoms with E-state index >= 15 is 0 Å². The lowest BCUT2D eigenvalue weighted by Crippen LogP contribution is -2.11. The molecule has 0 amide bonds. The third-order valence-electron chi connectivity index (χ3n) is 10.5. The summed E-state index contributed by atoms with van der Waals surface area (Å²) in [6.45, 7) is 2.26. The van der Waals surface area contributed by atoms with Gasteiger partial charge in [0.2, 0.25) is 0 Å². The zero-order valence-electron chi connectivity index (χ0n) is 27.3. The van der Waals surface area contributed by atoms with Crippen molar-refractivity contribution in [1.82, 2.24) is 4.57 Å². The second kappa shape index (κ2) is 10.7. The summed E-state index contributed by atoms with van der Waals surface area (Å²) in [6, 6.07) is 37.8. The monoisotopic (exact) mass is 643 g/mol. The number of hydrogen-bond acceptors (Lipinski definition) is 4. The fraction of sp³-hybridized carbons (Fsp3) is 0.111. The average Bonchev–Trinajstić information content (AvgIpc) is 3.81. The Bertz CT molecular complexity index is 2940. The van der Waals surface area contributed by atoms with Crippen molar-refractivity contribution in [1.29, 1.82) is 10.5 Å². The van der Waals surface area contributed by atoms with E-state index in [9.17, 15) is 10.5 Å². The molecule has 3 heterocycles. The summed E-state index contributed by atoms with van der Waals surface area (Å²) in [4.78, 5) is 0. The van der Waals surface area contributed by atoms with Gasteiger partial charge in [-0.05, 0) is 108 Å². The van der Waals surface area contributed by atoms with Crippen LogP contribution in [0.3, 0.4) is 0 Å². The van der Waals surface area contributed by atoms with Crippen LogP contribution in [-0.4, -0.2) is 4.57 Å². The lowest BCUT2D eigenvalue weighted by Gasteiger charge is -2.24. The van der Waals surface area contributed by atoms with E-state index in [0.29, 0.717) is 17.9 Å². The Morgan fingerprint density at radius 1 is 0.680 bits per heavy atom. The van der Waals surface area contributed by atoms with Gasteiger partial charge in [-0.15, -0.1) is 0 Å². The summed E-state index contributed by atoms with van der Waals surface area (Å²) in [7, 11) is 0. The molecule has 8 aromatic rings. The molecule has 1 unspecified atom stereocenters. The molecule has 0 spiro atoms. The fourth-order valence-electron chi connectivity index (χ4n) is 8.12. The highest BCUT2D eigenvalue weighted by atomic mass is 16.3. The smallest absolute Gasteiger partial charge is 0.136 e. The normalized spacial score (nSPS) is 16.0. The van der Waals surface area contributed by atoms with Crippen molar-refractivity contribution in [3.8, 4) is 23.3 Å². The molecule has 2 aliphatic carbocycles. The Morgan fingerprint density at radius 3 is 2.14 bits per heavy atom. The van der Waals surface area contributed by atoms with Gasteiger partial charge in [-0.25, -0.2) is 0 Å².